The molecule has 1 amide bonds. The minimum Gasteiger partial charge on any atom is -0.497 e. The van der Waals surface area contributed by atoms with Crippen LogP contribution >= 0.6 is 0 Å². The van der Waals surface area contributed by atoms with Gasteiger partial charge >= 0.3 is 0 Å². The summed E-state index contributed by atoms with van der Waals surface area (Å²) >= 11 is 0. The van der Waals surface area contributed by atoms with Crippen LogP contribution in [-0.4, -0.2) is 32.7 Å². The topological polar surface area (TPSA) is 59.6 Å². The molecule has 1 fully saturated rings. The van der Waals surface area contributed by atoms with Gasteiger partial charge in [0.05, 0.1) is 26.8 Å². The van der Waals surface area contributed by atoms with Crippen LogP contribution in [0.5, 0.6) is 11.5 Å². The Kier molecular flexibility index (Phi) is 7.53. The molecule has 2 aromatic rings. The number of rotatable bonds is 8. The quantitative estimate of drug-likeness (QED) is 0.706. The van der Waals surface area contributed by atoms with Crippen LogP contribution < -0.4 is 20.1 Å². The predicted octanol–water partition coefficient (Wildman–Crippen LogP) is 4.08. The molecule has 1 saturated carbocycles. The first-order chi connectivity index (χ1) is 14.1. The number of ether oxygens (including phenoxy) is 2. The Morgan fingerprint density at radius 3 is 1.93 bits per heavy atom. The smallest absolute Gasteiger partial charge is 0.234 e. The van der Waals surface area contributed by atoms with Crippen molar-refractivity contribution < 1.29 is 14.3 Å². The zero-order valence-corrected chi connectivity index (χ0v) is 17.6. The van der Waals surface area contributed by atoms with E-state index in [-0.39, 0.29) is 11.9 Å². The van der Waals surface area contributed by atoms with Gasteiger partial charge in [-0.05, 0) is 54.2 Å². The van der Waals surface area contributed by atoms with Gasteiger partial charge in [0.2, 0.25) is 5.91 Å². The summed E-state index contributed by atoms with van der Waals surface area (Å²) in [6.07, 6.45) is 4.92. The van der Waals surface area contributed by atoms with E-state index >= 15 is 0 Å². The summed E-state index contributed by atoms with van der Waals surface area (Å²) in [6, 6.07) is 15.8. The Balaban J connectivity index is 1.72. The van der Waals surface area contributed by atoms with E-state index in [1.165, 1.54) is 19.3 Å². The SMILES string of the molecule is COc1ccc(C(NC(=O)CNC2CCCCC2C)c2ccc(OC)cc2)cc1. The van der Waals surface area contributed by atoms with Gasteiger partial charge in [0.15, 0.2) is 0 Å². The average molecular weight is 397 g/mol. The highest BCUT2D eigenvalue weighted by Gasteiger charge is 2.22. The van der Waals surface area contributed by atoms with Gasteiger partial charge in [-0.3, -0.25) is 4.79 Å². The number of carbonyl (C=O) groups excluding carboxylic acids is 1. The predicted molar refractivity (Wildman–Crippen MR) is 115 cm³/mol. The molecule has 0 bridgehead atoms. The molecule has 0 spiro atoms. The number of hydrogen-bond donors (Lipinski definition) is 2. The van der Waals surface area contributed by atoms with Crippen molar-refractivity contribution in [3.8, 4) is 11.5 Å². The number of benzene rings is 2. The van der Waals surface area contributed by atoms with Crippen LogP contribution in [0.3, 0.4) is 0 Å². The lowest BCUT2D eigenvalue weighted by Gasteiger charge is -2.29. The van der Waals surface area contributed by atoms with E-state index in [4.69, 9.17) is 9.47 Å². The number of nitrogens with one attached hydrogen (secondary N) is 2. The van der Waals surface area contributed by atoms with Crippen molar-refractivity contribution in [2.45, 2.75) is 44.7 Å². The van der Waals surface area contributed by atoms with Crippen LogP contribution in [0.15, 0.2) is 48.5 Å². The maximum Gasteiger partial charge on any atom is 0.234 e. The van der Waals surface area contributed by atoms with Crippen LogP contribution in [0.25, 0.3) is 0 Å². The zero-order chi connectivity index (χ0) is 20.6. The van der Waals surface area contributed by atoms with Crippen molar-refractivity contribution in [1.82, 2.24) is 10.6 Å². The van der Waals surface area contributed by atoms with E-state index < -0.39 is 0 Å². The minimum atomic E-state index is -0.232. The van der Waals surface area contributed by atoms with Crippen molar-refractivity contribution in [3.05, 3.63) is 59.7 Å². The van der Waals surface area contributed by atoms with Gasteiger partial charge in [0.1, 0.15) is 11.5 Å². The van der Waals surface area contributed by atoms with Gasteiger partial charge in [-0.2, -0.15) is 0 Å². The van der Waals surface area contributed by atoms with E-state index in [1.807, 2.05) is 48.5 Å². The third-order valence-corrected chi connectivity index (χ3v) is 5.84. The summed E-state index contributed by atoms with van der Waals surface area (Å²) in [4.78, 5) is 12.8. The van der Waals surface area contributed by atoms with Crippen LogP contribution in [-0.2, 0) is 4.79 Å². The van der Waals surface area contributed by atoms with Crippen LogP contribution in [0, 0.1) is 5.92 Å². The second-order valence-electron chi connectivity index (χ2n) is 7.80. The van der Waals surface area contributed by atoms with Gasteiger partial charge in [-0.1, -0.05) is 44.0 Å². The van der Waals surface area contributed by atoms with Crippen LogP contribution in [0.2, 0.25) is 0 Å². The number of methoxy groups -OCH3 is 2. The Morgan fingerprint density at radius 1 is 0.931 bits per heavy atom. The van der Waals surface area contributed by atoms with Crippen molar-refractivity contribution in [3.63, 3.8) is 0 Å². The maximum absolute atomic E-state index is 12.8. The molecule has 2 unspecified atom stereocenters. The highest BCUT2D eigenvalue weighted by atomic mass is 16.5. The molecular weight excluding hydrogens is 364 g/mol. The van der Waals surface area contributed by atoms with Crippen molar-refractivity contribution >= 4 is 5.91 Å². The molecule has 3 rings (SSSR count). The molecule has 1 aliphatic carbocycles. The monoisotopic (exact) mass is 396 g/mol. The number of amides is 1. The molecule has 0 aromatic heterocycles. The van der Waals surface area contributed by atoms with Gasteiger partial charge in [-0.15, -0.1) is 0 Å². The van der Waals surface area contributed by atoms with E-state index in [1.54, 1.807) is 14.2 Å². The molecule has 2 atom stereocenters. The first-order valence-corrected chi connectivity index (χ1v) is 10.4. The summed E-state index contributed by atoms with van der Waals surface area (Å²) in [7, 11) is 3.30. The Labute approximate surface area is 173 Å². The van der Waals surface area contributed by atoms with Crippen molar-refractivity contribution in [1.29, 1.82) is 0 Å². The first-order valence-electron chi connectivity index (χ1n) is 10.4. The average Bonchev–Trinajstić information content (AvgIpc) is 2.77. The molecule has 2 N–H and O–H groups in total. The molecular formula is C24H32N2O3. The minimum absolute atomic E-state index is 0.000547. The highest BCUT2D eigenvalue weighted by Crippen LogP contribution is 2.26. The number of hydrogen-bond acceptors (Lipinski definition) is 4. The van der Waals surface area contributed by atoms with Gasteiger partial charge in [-0.25, -0.2) is 0 Å². The summed E-state index contributed by atoms with van der Waals surface area (Å²) in [5.41, 5.74) is 2.02. The fourth-order valence-electron chi connectivity index (χ4n) is 4.01. The third-order valence-electron chi connectivity index (χ3n) is 5.84. The van der Waals surface area contributed by atoms with E-state index in [9.17, 15) is 4.79 Å². The highest BCUT2D eigenvalue weighted by molar-refractivity contribution is 5.79. The number of carbonyl (C=O) groups is 1. The molecule has 29 heavy (non-hydrogen) atoms. The lowest BCUT2D eigenvalue weighted by Crippen LogP contribution is -2.44. The summed E-state index contributed by atoms with van der Waals surface area (Å²) < 4.78 is 10.5. The Hall–Kier alpha value is -2.53. The second-order valence-corrected chi connectivity index (χ2v) is 7.80. The molecule has 5 heteroatoms. The van der Waals surface area contributed by atoms with Crippen molar-refractivity contribution in [2.24, 2.45) is 5.92 Å². The Morgan fingerprint density at radius 2 is 1.45 bits per heavy atom. The molecule has 1 aliphatic rings. The zero-order valence-electron chi connectivity index (χ0n) is 17.6. The summed E-state index contributed by atoms with van der Waals surface area (Å²) in [6.45, 7) is 2.60. The molecule has 0 aliphatic heterocycles. The van der Waals surface area contributed by atoms with Gasteiger partial charge in [0, 0.05) is 6.04 Å². The fraction of sp³-hybridized carbons (Fsp3) is 0.458. The van der Waals surface area contributed by atoms with Gasteiger partial charge in [0.25, 0.3) is 0 Å². The van der Waals surface area contributed by atoms with Gasteiger partial charge < -0.3 is 20.1 Å². The summed E-state index contributed by atoms with van der Waals surface area (Å²) in [5.74, 6) is 2.21. The molecule has 0 heterocycles. The largest absolute Gasteiger partial charge is 0.497 e. The Bertz CT molecular complexity index is 726. The fourth-order valence-corrected chi connectivity index (χ4v) is 4.01. The molecule has 5 nitrogen and oxygen atoms in total. The molecule has 156 valence electrons. The van der Waals surface area contributed by atoms with Crippen molar-refractivity contribution in [2.75, 3.05) is 20.8 Å². The molecule has 2 aromatic carbocycles. The molecule has 0 radical (unpaired) electrons. The third kappa shape index (κ3) is 5.73. The lowest BCUT2D eigenvalue weighted by atomic mass is 9.86. The molecule has 0 saturated heterocycles. The first kappa shape index (κ1) is 21.2. The maximum atomic E-state index is 12.8. The lowest BCUT2D eigenvalue weighted by molar-refractivity contribution is -0.121. The van der Waals surface area contributed by atoms with E-state index in [0.29, 0.717) is 18.5 Å². The normalized spacial score (nSPS) is 19.0. The van der Waals surface area contributed by atoms with E-state index in [2.05, 4.69) is 17.6 Å². The van der Waals surface area contributed by atoms with E-state index in [0.717, 1.165) is 29.0 Å². The van der Waals surface area contributed by atoms with Crippen LogP contribution in [0.4, 0.5) is 0 Å². The standard InChI is InChI=1S/C24H32N2O3/c1-17-6-4-5-7-22(17)25-16-23(27)26-24(18-8-12-20(28-2)13-9-18)19-10-14-21(29-3)15-11-19/h8-15,17,22,24-25H,4-7,16H2,1-3H3,(H,26,27). The van der Waals surface area contributed by atoms with Crippen LogP contribution in [0.1, 0.15) is 49.8 Å². The second kappa shape index (κ2) is 10.3. The summed E-state index contributed by atoms with van der Waals surface area (Å²) in [5, 5.41) is 6.66.